The van der Waals surface area contributed by atoms with Crippen LogP contribution in [0.5, 0.6) is 11.5 Å². The fraction of sp³-hybridized carbons (Fsp3) is 0.250. The van der Waals surface area contributed by atoms with Gasteiger partial charge < -0.3 is 9.47 Å². The minimum Gasteiger partial charge on any atom is -0.457 e. The quantitative estimate of drug-likeness (QED) is 0.588. The van der Waals surface area contributed by atoms with Gasteiger partial charge in [-0.1, -0.05) is 0 Å². The number of hydrogen-bond acceptors (Lipinski definition) is 5. The number of anilines is 1. The highest BCUT2D eigenvalue weighted by molar-refractivity contribution is 7.98. The number of hydrogen-bond donors (Lipinski definition) is 2. The molecule has 0 aliphatic rings. The predicted molar refractivity (Wildman–Crippen MR) is 94.1 cm³/mol. The van der Waals surface area contributed by atoms with E-state index in [-0.39, 0.29) is 0 Å². The lowest BCUT2D eigenvalue weighted by Gasteiger charge is -2.13. The molecular weight excluding hydrogens is 334 g/mol. The molecule has 0 heterocycles. The predicted octanol–water partition coefficient (Wildman–Crippen LogP) is 3.59. The van der Waals surface area contributed by atoms with Crippen LogP contribution in [0.3, 0.4) is 0 Å². The molecule has 0 aliphatic carbocycles. The Balaban J connectivity index is 2.29. The molecule has 124 valence electrons. The summed E-state index contributed by atoms with van der Waals surface area (Å²) in [6.45, 7) is 2.36. The van der Waals surface area contributed by atoms with Gasteiger partial charge in [0.05, 0.1) is 6.61 Å². The number of nitrogens with one attached hydrogen (secondary N) is 1. The average molecular weight is 353 g/mol. The summed E-state index contributed by atoms with van der Waals surface area (Å²) < 4.78 is 35.0. The summed E-state index contributed by atoms with van der Waals surface area (Å²) in [4.78, 5) is 1.20. The van der Waals surface area contributed by atoms with Crippen molar-refractivity contribution in [3.8, 4) is 11.5 Å². The zero-order chi connectivity index (χ0) is 16.8. The number of thiol groups is 1. The SMILES string of the molecule is COCc1cc(N[SH](=O)=O)ccc1Oc1ccc(SC)c(C)c1. The van der Waals surface area contributed by atoms with Crippen LogP contribution < -0.4 is 9.46 Å². The van der Waals surface area contributed by atoms with Crippen molar-refractivity contribution in [3.05, 3.63) is 47.5 Å². The van der Waals surface area contributed by atoms with Gasteiger partial charge in [-0.05, 0) is 55.1 Å². The van der Waals surface area contributed by atoms with Crippen LogP contribution in [0.1, 0.15) is 11.1 Å². The molecule has 23 heavy (non-hydrogen) atoms. The lowest BCUT2D eigenvalue weighted by molar-refractivity contribution is 0.182. The van der Waals surface area contributed by atoms with E-state index in [1.807, 2.05) is 31.4 Å². The van der Waals surface area contributed by atoms with Crippen molar-refractivity contribution in [2.45, 2.75) is 18.4 Å². The molecular formula is C16H19NO4S2. The van der Waals surface area contributed by atoms with Gasteiger partial charge in [-0.25, -0.2) is 8.42 Å². The maximum atomic E-state index is 10.8. The Morgan fingerprint density at radius 3 is 2.57 bits per heavy atom. The van der Waals surface area contributed by atoms with Crippen molar-refractivity contribution in [1.29, 1.82) is 0 Å². The number of ether oxygens (including phenoxy) is 2. The standard InChI is InChI=1S/C16H19NO4S2/c1-11-8-14(5-7-16(11)22-3)21-15-6-4-13(17-23(18)19)9-12(15)10-20-2/h4-9,23H,10H2,1-3H3,(H,17,18,19). The fourth-order valence-electron chi connectivity index (χ4n) is 2.16. The summed E-state index contributed by atoms with van der Waals surface area (Å²) in [6.07, 6.45) is 2.03. The van der Waals surface area contributed by atoms with Crippen molar-refractivity contribution >= 4 is 28.3 Å². The second kappa shape index (κ2) is 8.24. The van der Waals surface area contributed by atoms with Crippen LogP contribution >= 0.6 is 11.8 Å². The van der Waals surface area contributed by atoms with E-state index in [4.69, 9.17) is 9.47 Å². The maximum absolute atomic E-state index is 10.8. The van der Waals surface area contributed by atoms with Gasteiger partial charge in [0.15, 0.2) is 0 Å². The molecule has 1 N–H and O–H groups in total. The molecule has 0 atom stereocenters. The zero-order valence-electron chi connectivity index (χ0n) is 13.2. The summed E-state index contributed by atoms with van der Waals surface area (Å²) in [7, 11) is -1.12. The van der Waals surface area contributed by atoms with Crippen LogP contribution in [-0.2, 0) is 22.2 Å². The van der Waals surface area contributed by atoms with Crippen LogP contribution in [0, 0.1) is 6.92 Å². The van der Waals surface area contributed by atoms with E-state index in [2.05, 4.69) is 4.72 Å². The van der Waals surface area contributed by atoms with E-state index in [1.54, 1.807) is 37.1 Å². The Hall–Kier alpha value is -1.70. The monoisotopic (exact) mass is 353 g/mol. The molecule has 2 aromatic rings. The van der Waals surface area contributed by atoms with Gasteiger partial charge >= 0.3 is 0 Å². The van der Waals surface area contributed by atoms with Gasteiger partial charge in [0.2, 0.25) is 10.9 Å². The minimum absolute atomic E-state index is 0.322. The summed E-state index contributed by atoms with van der Waals surface area (Å²) in [5.41, 5.74) is 2.39. The molecule has 0 bridgehead atoms. The van der Waals surface area contributed by atoms with E-state index in [0.717, 1.165) is 16.9 Å². The van der Waals surface area contributed by atoms with Crippen LogP contribution in [0.25, 0.3) is 0 Å². The third-order valence-corrected chi connectivity index (χ3v) is 4.51. The Morgan fingerprint density at radius 1 is 1.17 bits per heavy atom. The van der Waals surface area contributed by atoms with E-state index in [0.29, 0.717) is 18.0 Å². The highest BCUT2D eigenvalue weighted by Crippen LogP contribution is 2.31. The molecule has 2 rings (SSSR count). The number of thioether (sulfide) groups is 1. The van der Waals surface area contributed by atoms with E-state index < -0.39 is 10.9 Å². The van der Waals surface area contributed by atoms with Crippen molar-refractivity contribution in [2.75, 3.05) is 18.1 Å². The third-order valence-electron chi connectivity index (χ3n) is 3.17. The van der Waals surface area contributed by atoms with Crippen LogP contribution in [0.4, 0.5) is 5.69 Å². The molecule has 5 nitrogen and oxygen atoms in total. The average Bonchev–Trinajstić information content (AvgIpc) is 2.50. The number of aryl methyl sites for hydroxylation is 1. The topological polar surface area (TPSA) is 64.6 Å². The maximum Gasteiger partial charge on any atom is 0.222 e. The van der Waals surface area contributed by atoms with Crippen LogP contribution in [0.2, 0.25) is 0 Å². The molecule has 0 saturated carbocycles. The molecule has 0 unspecified atom stereocenters. The smallest absolute Gasteiger partial charge is 0.222 e. The minimum atomic E-state index is -2.70. The van der Waals surface area contributed by atoms with Crippen molar-refractivity contribution < 1.29 is 17.9 Å². The summed E-state index contributed by atoms with van der Waals surface area (Å²) in [5.74, 6) is 1.36. The first-order valence-electron chi connectivity index (χ1n) is 6.89. The lowest BCUT2D eigenvalue weighted by atomic mass is 10.2. The largest absolute Gasteiger partial charge is 0.457 e. The first kappa shape index (κ1) is 17.7. The second-order valence-electron chi connectivity index (χ2n) is 4.86. The molecule has 0 saturated heterocycles. The van der Waals surface area contributed by atoms with Gasteiger partial charge in [0, 0.05) is 23.3 Å². The molecule has 0 fully saturated rings. The Kier molecular flexibility index (Phi) is 6.32. The Labute approximate surface area is 142 Å². The second-order valence-corrected chi connectivity index (χ2v) is 6.44. The Morgan fingerprint density at radius 2 is 1.96 bits per heavy atom. The fourth-order valence-corrected chi connectivity index (χ4v) is 3.10. The molecule has 0 aliphatic heterocycles. The van der Waals surface area contributed by atoms with Crippen molar-refractivity contribution in [2.24, 2.45) is 0 Å². The number of methoxy groups -OCH3 is 1. The first-order valence-corrected chi connectivity index (χ1v) is 9.29. The van der Waals surface area contributed by atoms with E-state index in [1.165, 1.54) is 4.90 Å². The Bertz CT molecular complexity index is 752. The van der Waals surface area contributed by atoms with E-state index >= 15 is 0 Å². The summed E-state index contributed by atoms with van der Waals surface area (Å²) in [6, 6.07) is 11.0. The molecule has 0 radical (unpaired) electrons. The van der Waals surface area contributed by atoms with Crippen molar-refractivity contribution in [1.82, 2.24) is 0 Å². The number of benzene rings is 2. The van der Waals surface area contributed by atoms with Gasteiger partial charge in [0.25, 0.3) is 0 Å². The van der Waals surface area contributed by atoms with E-state index in [9.17, 15) is 8.42 Å². The number of rotatable bonds is 7. The third kappa shape index (κ3) is 4.89. The van der Waals surface area contributed by atoms with Crippen LogP contribution in [0.15, 0.2) is 41.3 Å². The van der Waals surface area contributed by atoms with Crippen molar-refractivity contribution in [3.63, 3.8) is 0 Å². The summed E-state index contributed by atoms with van der Waals surface area (Å²) >= 11 is 1.69. The molecule has 0 spiro atoms. The van der Waals surface area contributed by atoms with Gasteiger partial charge in [0.1, 0.15) is 11.5 Å². The highest BCUT2D eigenvalue weighted by atomic mass is 32.2. The van der Waals surface area contributed by atoms with Gasteiger partial charge in [-0.15, -0.1) is 11.8 Å². The highest BCUT2D eigenvalue weighted by Gasteiger charge is 2.08. The van der Waals surface area contributed by atoms with Crippen LogP contribution in [-0.4, -0.2) is 21.8 Å². The molecule has 7 heteroatoms. The first-order chi connectivity index (χ1) is 11.0. The molecule has 2 aromatic carbocycles. The zero-order valence-corrected chi connectivity index (χ0v) is 14.9. The van der Waals surface area contributed by atoms with Gasteiger partial charge in [-0.3, -0.25) is 4.72 Å². The lowest BCUT2D eigenvalue weighted by Crippen LogP contribution is -1.99. The molecule has 0 aromatic heterocycles. The summed E-state index contributed by atoms with van der Waals surface area (Å²) in [5, 5.41) is 0. The molecule has 0 amide bonds. The van der Waals surface area contributed by atoms with Gasteiger partial charge in [-0.2, -0.15) is 0 Å². The normalized spacial score (nSPS) is 10.8.